The fourth-order valence-corrected chi connectivity index (χ4v) is 4.73. The number of nitrogens with one attached hydrogen (secondary N) is 1. The van der Waals surface area contributed by atoms with E-state index >= 15 is 0 Å². The second-order valence-electron chi connectivity index (χ2n) is 7.47. The van der Waals surface area contributed by atoms with Gasteiger partial charge in [-0.25, -0.2) is 8.42 Å². The SMILES string of the molecule is COc1ccc(-c2onc(C)c2C)cc1S(=O)(=O)CCC(=O)Nc1c(C)cccc1C. The molecule has 7 nitrogen and oxygen atoms in total. The normalized spacial score (nSPS) is 11.4. The standard InChI is InChI=1S/C23H26N2O5S/c1-14-7-6-8-15(2)22(14)24-21(26)11-12-31(27,28)20-13-18(9-10-19(20)29-5)23-16(3)17(4)25-30-23/h6-10,13H,11-12H2,1-5H3,(H,24,26). The molecule has 0 saturated carbocycles. The first-order valence-corrected chi connectivity index (χ1v) is 11.5. The van der Waals surface area contributed by atoms with Gasteiger partial charge in [0.25, 0.3) is 0 Å². The van der Waals surface area contributed by atoms with E-state index in [-0.39, 0.29) is 28.7 Å². The molecule has 3 rings (SSSR count). The summed E-state index contributed by atoms with van der Waals surface area (Å²) in [5, 5.41) is 6.75. The molecule has 1 heterocycles. The molecule has 1 aromatic heterocycles. The van der Waals surface area contributed by atoms with Gasteiger partial charge in [0.2, 0.25) is 5.91 Å². The van der Waals surface area contributed by atoms with Crippen molar-refractivity contribution in [3.8, 4) is 17.1 Å². The van der Waals surface area contributed by atoms with Crippen LogP contribution in [0, 0.1) is 27.7 Å². The number of aryl methyl sites for hydroxylation is 3. The lowest BCUT2D eigenvalue weighted by molar-refractivity contribution is -0.115. The molecule has 0 aliphatic rings. The van der Waals surface area contributed by atoms with Crippen LogP contribution in [0.5, 0.6) is 5.75 Å². The molecule has 164 valence electrons. The number of aromatic nitrogens is 1. The van der Waals surface area contributed by atoms with Crippen LogP contribution >= 0.6 is 0 Å². The van der Waals surface area contributed by atoms with Gasteiger partial charge in [-0.05, 0) is 57.0 Å². The number of sulfone groups is 1. The van der Waals surface area contributed by atoms with E-state index in [1.54, 1.807) is 12.1 Å². The number of anilines is 1. The van der Waals surface area contributed by atoms with E-state index in [2.05, 4.69) is 10.5 Å². The molecule has 0 aliphatic heterocycles. The summed E-state index contributed by atoms with van der Waals surface area (Å²) >= 11 is 0. The lowest BCUT2D eigenvalue weighted by Gasteiger charge is -2.13. The molecule has 0 atom stereocenters. The summed E-state index contributed by atoms with van der Waals surface area (Å²) in [4.78, 5) is 12.5. The summed E-state index contributed by atoms with van der Waals surface area (Å²) < 4.78 is 36.8. The van der Waals surface area contributed by atoms with Crippen molar-refractivity contribution in [1.29, 1.82) is 0 Å². The quantitative estimate of drug-likeness (QED) is 0.583. The summed E-state index contributed by atoms with van der Waals surface area (Å²) in [6.45, 7) is 7.46. The Morgan fingerprint density at radius 2 is 1.77 bits per heavy atom. The number of carbonyl (C=O) groups is 1. The van der Waals surface area contributed by atoms with E-state index in [1.165, 1.54) is 13.2 Å². The number of methoxy groups -OCH3 is 1. The minimum Gasteiger partial charge on any atom is -0.495 e. The Bertz CT molecular complexity index is 1210. The molecule has 0 aliphatic carbocycles. The first kappa shape index (κ1) is 22.6. The molecule has 0 bridgehead atoms. The summed E-state index contributed by atoms with van der Waals surface area (Å²) in [5.41, 5.74) is 4.70. The molecule has 31 heavy (non-hydrogen) atoms. The van der Waals surface area contributed by atoms with Crippen molar-refractivity contribution in [2.45, 2.75) is 39.0 Å². The van der Waals surface area contributed by atoms with Crippen LogP contribution in [-0.2, 0) is 14.6 Å². The number of rotatable bonds is 7. The second kappa shape index (κ2) is 8.93. The average molecular weight is 443 g/mol. The van der Waals surface area contributed by atoms with Crippen LogP contribution in [0.2, 0.25) is 0 Å². The molecule has 0 radical (unpaired) electrons. The minimum atomic E-state index is -3.80. The highest BCUT2D eigenvalue weighted by molar-refractivity contribution is 7.91. The van der Waals surface area contributed by atoms with Crippen LogP contribution in [0.15, 0.2) is 45.8 Å². The Labute approximate surface area is 182 Å². The van der Waals surface area contributed by atoms with Gasteiger partial charge in [0, 0.05) is 23.2 Å². The predicted molar refractivity (Wildman–Crippen MR) is 119 cm³/mol. The van der Waals surface area contributed by atoms with E-state index in [1.807, 2.05) is 45.9 Å². The Balaban J connectivity index is 1.83. The fraction of sp³-hybridized carbons (Fsp3) is 0.304. The maximum Gasteiger partial charge on any atom is 0.225 e. The van der Waals surface area contributed by atoms with Gasteiger partial charge in [-0.1, -0.05) is 23.4 Å². The molecule has 0 fully saturated rings. The van der Waals surface area contributed by atoms with Crippen molar-refractivity contribution in [3.05, 3.63) is 58.8 Å². The first-order chi connectivity index (χ1) is 14.6. The molecule has 8 heteroatoms. The fourth-order valence-electron chi connectivity index (χ4n) is 3.30. The summed E-state index contributed by atoms with van der Waals surface area (Å²) in [7, 11) is -2.39. The Kier molecular flexibility index (Phi) is 6.50. The lowest BCUT2D eigenvalue weighted by atomic mass is 10.1. The van der Waals surface area contributed by atoms with E-state index in [0.717, 1.165) is 22.4 Å². The highest BCUT2D eigenvalue weighted by Crippen LogP contribution is 2.33. The topological polar surface area (TPSA) is 98.5 Å². The maximum absolute atomic E-state index is 13.1. The van der Waals surface area contributed by atoms with Gasteiger partial charge < -0.3 is 14.6 Å². The van der Waals surface area contributed by atoms with Crippen molar-refractivity contribution in [1.82, 2.24) is 5.16 Å². The molecule has 0 spiro atoms. The van der Waals surface area contributed by atoms with Gasteiger partial charge in [-0.3, -0.25) is 4.79 Å². The van der Waals surface area contributed by atoms with Crippen molar-refractivity contribution < 1.29 is 22.5 Å². The number of benzene rings is 2. The Morgan fingerprint density at radius 3 is 2.35 bits per heavy atom. The van der Waals surface area contributed by atoms with E-state index in [4.69, 9.17) is 9.26 Å². The van der Waals surface area contributed by atoms with Gasteiger partial charge in [0.1, 0.15) is 10.6 Å². The molecule has 0 saturated heterocycles. The van der Waals surface area contributed by atoms with Gasteiger partial charge in [0.15, 0.2) is 15.6 Å². The monoisotopic (exact) mass is 442 g/mol. The summed E-state index contributed by atoms with van der Waals surface area (Å²) in [6, 6.07) is 10.5. The van der Waals surface area contributed by atoms with Crippen LogP contribution in [0.1, 0.15) is 28.8 Å². The molecular weight excluding hydrogens is 416 g/mol. The van der Waals surface area contributed by atoms with Crippen molar-refractivity contribution in [2.24, 2.45) is 0 Å². The molecular formula is C23H26N2O5S. The number of ether oxygens (including phenoxy) is 1. The molecule has 2 aromatic carbocycles. The molecule has 0 unspecified atom stereocenters. The van der Waals surface area contributed by atoms with Crippen LogP contribution in [-0.4, -0.2) is 32.3 Å². The lowest BCUT2D eigenvalue weighted by Crippen LogP contribution is -2.19. The molecule has 3 aromatic rings. The van der Waals surface area contributed by atoms with Crippen molar-refractivity contribution >= 4 is 21.4 Å². The van der Waals surface area contributed by atoms with Gasteiger partial charge in [-0.15, -0.1) is 0 Å². The minimum absolute atomic E-state index is 0.0147. The Hall–Kier alpha value is -3.13. The van der Waals surface area contributed by atoms with E-state index in [0.29, 0.717) is 17.0 Å². The zero-order chi connectivity index (χ0) is 22.8. The van der Waals surface area contributed by atoms with Gasteiger partial charge in [-0.2, -0.15) is 0 Å². The number of carbonyl (C=O) groups excluding carboxylic acids is 1. The third-order valence-corrected chi connectivity index (χ3v) is 6.99. The van der Waals surface area contributed by atoms with E-state index < -0.39 is 9.84 Å². The van der Waals surface area contributed by atoms with Crippen LogP contribution in [0.4, 0.5) is 5.69 Å². The van der Waals surface area contributed by atoms with E-state index in [9.17, 15) is 13.2 Å². The largest absolute Gasteiger partial charge is 0.495 e. The maximum atomic E-state index is 13.1. The number of amides is 1. The summed E-state index contributed by atoms with van der Waals surface area (Å²) in [6.07, 6.45) is -0.177. The van der Waals surface area contributed by atoms with Crippen LogP contribution in [0.25, 0.3) is 11.3 Å². The Morgan fingerprint density at radius 1 is 1.10 bits per heavy atom. The number of hydrogen-bond acceptors (Lipinski definition) is 6. The van der Waals surface area contributed by atoms with Crippen LogP contribution in [0.3, 0.4) is 0 Å². The highest BCUT2D eigenvalue weighted by Gasteiger charge is 2.23. The predicted octanol–water partition coefficient (Wildman–Crippen LogP) is 4.39. The zero-order valence-electron chi connectivity index (χ0n) is 18.3. The third kappa shape index (κ3) is 4.80. The summed E-state index contributed by atoms with van der Waals surface area (Å²) in [5.74, 6) is 0.00724. The number of nitrogens with zero attached hydrogens (tertiary/aromatic N) is 1. The van der Waals surface area contributed by atoms with Crippen molar-refractivity contribution in [3.63, 3.8) is 0 Å². The zero-order valence-corrected chi connectivity index (χ0v) is 19.1. The second-order valence-corrected chi connectivity index (χ2v) is 9.55. The number of para-hydroxylation sites is 1. The first-order valence-electron chi connectivity index (χ1n) is 9.84. The van der Waals surface area contributed by atoms with Crippen LogP contribution < -0.4 is 10.1 Å². The number of hydrogen-bond donors (Lipinski definition) is 1. The smallest absolute Gasteiger partial charge is 0.225 e. The molecule has 1 amide bonds. The average Bonchev–Trinajstić information content (AvgIpc) is 3.07. The van der Waals surface area contributed by atoms with Gasteiger partial charge in [0.05, 0.1) is 18.6 Å². The molecule has 1 N–H and O–H groups in total. The van der Waals surface area contributed by atoms with Crippen molar-refractivity contribution in [2.75, 3.05) is 18.2 Å². The highest BCUT2D eigenvalue weighted by atomic mass is 32.2. The van der Waals surface area contributed by atoms with Gasteiger partial charge >= 0.3 is 0 Å². The third-order valence-electron chi connectivity index (χ3n) is 5.26.